The molecule has 5 rings (SSSR count). The smallest absolute Gasteiger partial charge is 0.323 e. The van der Waals surface area contributed by atoms with Gasteiger partial charge in [-0.15, -0.1) is 0 Å². The molecule has 0 aromatic heterocycles. The number of hydrogen-bond acceptors (Lipinski definition) is 4. The number of fused-ring (bicyclic) bond motifs is 1. The van der Waals surface area contributed by atoms with Crippen LogP contribution in [0.2, 0.25) is 0 Å². The van der Waals surface area contributed by atoms with Gasteiger partial charge >= 0.3 is 12.0 Å². The van der Waals surface area contributed by atoms with Gasteiger partial charge in [0.1, 0.15) is 6.04 Å². The van der Waals surface area contributed by atoms with Crippen LogP contribution in [0.15, 0.2) is 72.8 Å². The molecule has 0 radical (unpaired) electrons. The molecule has 3 N–H and O–H groups in total. The van der Waals surface area contributed by atoms with E-state index in [-0.39, 0.29) is 36.6 Å². The van der Waals surface area contributed by atoms with Crippen LogP contribution in [0.1, 0.15) is 47.6 Å². The molecule has 3 aromatic rings. The number of para-hydroxylation sites is 1. The van der Waals surface area contributed by atoms with Gasteiger partial charge in [0, 0.05) is 37.4 Å². The predicted molar refractivity (Wildman–Crippen MR) is 155 cm³/mol. The third kappa shape index (κ3) is 6.57. The maximum absolute atomic E-state index is 13.7. The van der Waals surface area contributed by atoms with Gasteiger partial charge in [-0.05, 0) is 66.1 Å². The van der Waals surface area contributed by atoms with Crippen molar-refractivity contribution in [3.8, 4) is 0 Å². The number of anilines is 2. The number of carbonyl (C=O) groups is 4. The number of amides is 4. The monoisotopic (exact) mass is 554 g/mol. The highest BCUT2D eigenvalue weighted by Crippen LogP contribution is 2.36. The van der Waals surface area contributed by atoms with Crippen LogP contribution in [0.25, 0.3) is 0 Å². The number of hydrogen-bond donors (Lipinski definition) is 3. The number of aliphatic carboxylic acids is 1. The standard InChI is InChI=1S/C32H34N4O5/c1-21-6-2-5-9-27(21)34-32(41)33-25-12-10-22(11-13-25)18-28(37)36-20-24-7-3-4-8-26(24)30(36)31(40)35-16-14-23(15-17-35)19-29(38)39/h2-13,23,30H,14-20H2,1H3,(H,38,39)(H2,33,34,41). The van der Waals surface area contributed by atoms with Crippen LogP contribution < -0.4 is 10.6 Å². The molecular formula is C32H34N4O5. The Hall–Kier alpha value is -4.66. The predicted octanol–water partition coefficient (Wildman–Crippen LogP) is 4.98. The van der Waals surface area contributed by atoms with E-state index in [1.807, 2.05) is 55.5 Å². The van der Waals surface area contributed by atoms with Crippen LogP contribution >= 0.6 is 0 Å². The first-order valence-corrected chi connectivity index (χ1v) is 13.9. The molecule has 2 aliphatic heterocycles. The van der Waals surface area contributed by atoms with Crippen molar-refractivity contribution >= 4 is 35.2 Å². The fraction of sp³-hybridized carbons (Fsp3) is 0.312. The molecule has 212 valence electrons. The summed E-state index contributed by atoms with van der Waals surface area (Å²) in [6.07, 6.45) is 1.52. The summed E-state index contributed by atoms with van der Waals surface area (Å²) in [4.78, 5) is 54.2. The lowest BCUT2D eigenvalue weighted by Crippen LogP contribution is -2.46. The normalized spacial score (nSPS) is 16.7. The first-order valence-electron chi connectivity index (χ1n) is 13.9. The van der Waals surface area contributed by atoms with E-state index >= 15 is 0 Å². The third-order valence-corrected chi connectivity index (χ3v) is 7.91. The Labute approximate surface area is 239 Å². The molecule has 3 aromatic carbocycles. The SMILES string of the molecule is Cc1ccccc1NC(=O)Nc1ccc(CC(=O)N2Cc3ccccc3C2C(=O)N2CCC(CC(=O)O)CC2)cc1. The average Bonchev–Trinajstić information content (AvgIpc) is 3.35. The number of piperidine rings is 1. The molecule has 9 nitrogen and oxygen atoms in total. The summed E-state index contributed by atoms with van der Waals surface area (Å²) in [6.45, 7) is 3.26. The number of nitrogens with zero attached hydrogens (tertiary/aromatic N) is 2. The molecule has 0 aliphatic carbocycles. The minimum Gasteiger partial charge on any atom is -0.481 e. The lowest BCUT2D eigenvalue weighted by molar-refractivity contribution is -0.146. The highest BCUT2D eigenvalue weighted by Gasteiger charge is 2.41. The molecule has 0 bridgehead atoms. The maximum atomic E-state index is 13.7. The molecule has 2 aliphatic rings. The van der Waals surface area contributed by atoms with E-state index in [1.54, 1.807) is 34.1 Å². The van der Waals surface area contributed by atoms with Gasteiger partial charge in [-0.1, -0.05) is 54.6 Å². The highest BCUT2D eigenvalue weighted by atomic mass is 16.4. The molecule has 9 heteroatoms. The second kappa shape index (κ2) is 12.2. The zero-order valence-electron chi connectivity index (χ0n) is 23.0. The summed E-state index contributed by atoms with van der Waals surface area (Å²) in [5.74, 6) is -1.02. The Morgan fingerprint density at radius 3 is 2.27 bits per heavy atom. The first kappa shape index (κ1) is 27.9. The molecule has 1 saturated heterocycles. The van der Waals surface area contributed by atoms with E-state index in [1.165, 1.54) is 0 Å². The Kier molecular flexibility index (Phi) is 8.33. The van der Waals surface area contributed by atoms with E-state index in [2.05, 4.69) is 10.6 Å². The number of likely N-dealkylation sites (tertiary alicyclic amines) is 1. The Balaban J connectivity index is 1.23. The van der Waals surface area contributed by atoms with Gasteiger partial charge in [-0.25, -0.2) is 4.79 Å². The third-order valence-electron chi connectivity index (χ3n) is 7.91. The lowest BCUT2D eigenvalue weighted by Gasteiger charge is -2.35. The number of carboxylic acids is 1. The van der Waals surface area contributed by atoms with Crippen molar-refractivity contribution in [2.45, 2.75) is 45.2 Å². The van der Waals surface area contributed by atoms with Crippen LogP contribution in [0, 0.1) is 12.8 Å². The van der Waals surface area contributed by atoms with Crippen LogP contribution in [0.4, 0.5) is 16.2 Å². The quantitative estimate of drug-likeness (QED) is 0.381. The van der Waals surface area contributed by atoms with Crippen LogP contribution in [-0.4, -0.2) is 51.8 Å². The van der Waals surface area contributed by atoms with Crippen molar-refractivity contribution in [3.63, 3.8) is 0 Å². The molecule has 41 heavy (non-hydrogen) atoms. The van der Waals surface area contributed by atoms with E-state index in [9.17, 15) is 19.2 Å². The Morgan fingerprint density at radius 2 is 1.56 bits per heavy atom. The second-order valence-electron chi connectivity index (χ2n) is 10.8. The van der Waals surface area contributed by atoms with Crippen LogP contribution in [-0.2, 0) is 27.3 Å². The van der Waals surface area contributed by atoms with Gasteiger partial charge in [-0.2, -0.15) is 0 Å². The summed E-state index contributed by atoms with van der Waals surface area (Å²) in [5.41, 5.74) is 4.86. The number of rotatable bonds is 7. The van der Waals surface area contributed by atoms with Gasteiger partial charge in [0.15, 0.2) is 0 Å². The zero-order valence-corrected chi connectivity index (χ0v) is 23.0. The van der Waals surface area contributed by atoms with Crippen molar-refractivity contribution in [2.75, 3.05) is 23.7 Å². The number of aryl methyl sites for hydroxylation is 1. The molecule has 1 fully saturated rings. The van der Waals surface area contributed by atoms with Gasteiger partial charge in [0.05, 0.1) is 6.42 Å². The van der Waals surface area contributed by atoms with Crippen molar-refractivity contribution in [3.05, 3.63) is 95.1 Å². The van der Waals surface area contributed by atoms with Crippen molar-refractivity contribution < 1.29 is 24.3 Å². The molecule has 2 heterocycles. The summed E-state index contributed by atoms with van der Waals surface area (Å²) in [7, 11) is 0. The molecule has 1 unspecified atom stereocenters. The Bertz CT molecular complexity index is 1450. The van der Waals surface area contributed by atoms with E-state index < -0.39 is 12.0 Å². The minimum absolute atomic E-state index is 0.0659. The highest BCUT2D eigenvalue weighted by molar-refractivity contribution is 6.00. The number of urea groups is 1. The first-order chi connectivity index (χ1) is 19.8. The lowest BCUT2D eigenvalue weighted by atomic mass is 9.93. The number of carbonyl (C=O) groups excluding carboxylic acids is 3. The van der Waals surface area contributed by atoms with E-state index in [0.29, 0.717) is 38.2 Å². The van der Waals surface area contributed by atoms with Crippen molar-refractivity contribution in [1.82, 2.24) is 9.80 Å². The minimum atomic E-state index is -0.814. The molecule has 0 spiro atoms. The van der Waals surface area contributed by atoms with Gasteiger partial charge in [0.25, 0.3) is 0 Å². The second-order valence-corrected chi connectivity index (χ2v) is 10.8. The summed E-state index contributed by atoms with van der Waals surface area (Å²) >= 11 is 0. The van der Waals surface area contributed by atoms with E-state index in [4.69, 9.17) is 5.11 Å². The molecule has 4 amide bonds. The number of carboxylic acid groups (broad SMARTS) is 1. The van der Waals surface area contributed by atoms with Gasteiger partial charge in [0.2, 0.25) is 11.8 Å². The average molecular weight is 555 g/mol. The van der Waals surface area contributed by atoms with Gasteiger partial charge < -0.3 is 25.5 Å². The molecule has 1 atom stereocenters. The summed E-state index contributed by atoms with van der Waals surface area (Å²) in [6, 6.07) is 21.2. The zero-order chi connectivity index (χ0) is 28.9. The maximum Gasteiger partial charge on any atom is 0.323 e. The number of nitrogens with one attached hydrogen (secondary N) is 2. The van der Waals surface area contributed by atoms with Crippen molar-refractivity contribution in [2.24, 2.45) is 5.92 Å². The summed E-state index contributed by atoms with van der Waals surface area (Å²) < 4.78 is 0. The fourth-order valence-corrected chi connectivity index (χ4v) is 5.64. The van der Waals surface area contributed by atoms with Gasteiger partial charge in [-0.3, -0.25) is 14.4 Å². The van der Waals surface area contributed by atoms with Crippen molar-refractivity contribution in [1.29, 1.82) is 0 Å². The number of benzene rings is 3. The molecular weight excluding hydrogens is 520 g/mol. The largest absolute Gasteiger partial charge is 0.481 e. The molecule has 0 saturated carbocycles. The van der Waals surface area contributed by atoms with E-state index in [0.717, 1.165) is 27.9 Å². The van der Waals surface area contributed by atoms with Crippen LogP contribution in [0.3, 0.4) is 0 Å². The topological polar surface area (TPSA) is 119 Å². The summed E-state index contributed by atoms with van der Waals surface area (Å²) in [5, 5.41) is 14.8. The fourth-order valence-electron chi connectivity index (χ4n) is 5.64. The van der Waals surface area contributed by atoms with Crippen LogP contribution in [0.5, 0.6) is 0 Å². The Morgan fingerprint density at radius 1 is 0.878 bits per heavy atom.